The summed E-state index contributed by atoms with van der Waals surface area (Å²) in [5.41, 5.74) is 5.95. The van der Waals surface area contributed by atoms with Crippen molar-refractivity contribution in [2.45, 2.75) is 39.0 Å². The van der Waals surface area contributed by atoms with Gasteiger partial charge in [-0.05, 0) is 49.6 Å². The average Bonchev–Trinajstić information content (AvgIpc) is 2.78. The Morgan fingerprint density at radius 3 is 2.87 bits per heavy atom. The van der Waals surface area contributed by atoms with Crippen molar-refractivity contribution in [1.82, 2.24) is 14.8 Å². The molecule has 1 aromatic heterocycles. The lowest BCUT2D eigenvalue weighted by atomic mass is 10.1. The van der Waals surface area contributed by atoms with Crippen LogP contribution >= 0.6 is 11.9 Å². The van der Waals surface area contributed by atoms with Crippen LogP contribution in [0.25, 0.3) is 10.9 Å². The van der Waals surface area contributed by atoms with Gasteiger partial charge in [0.1, 0.15) is 18.4 Å². The van der Waals surface area contributed by atoms with Gasteiger partial charge in [-0.1, -0.05) is 42.3 Å². The molecule has 1 amide bonds. The molecule has 1 aliphatic rings. The second-order valence-electron chi connectivity index (χ2n) is 7.42. The number of aromatic nitrogens is 1. The van der Waals surface area contributed by atoms with Gasteiger partial charge in [0.2, 0.25) is 0 Å². The maximum absolute atomic E-state index is 11.9. The number of carbonyl (C=O) groups is 1. The van der Waals surface area contributed by atoms with E-state index in [0.29, 0.717) is 13.2 Å². The number of amides is 1. The normalized spacial score (nSPS) is 17.1. The van der Waals surface area contributed by atoms with Crippen molar-refractivity contribution in [2.75, 3.05) is 5.75 Å². The standard InChI is InChI=1S/C23H25N3O3S/c1-16-13-18(20-5-2-3-6-21(20)24-16)15-29-19-10-8-17(9-11-19)14-26-22(23(27)25-28)7-4-12-30-26/h2-3,5-6,8-11,13,22,28H,4,7,12,14-15H2,1H3,(H,25,27). The summed E-state index contributed by atoms with van der Waals surface area (Å²) in [6, 6.07) is 17.8. The molecule has 2 heterocycles. The van der Waals surface area contributed by atoms with Crippen molar-refractivity contribution in [3.8, 4) is 5.75 Å². The molecule has 30 heavy (non-hydrogen) atoms. The first-order valence-corrected chi connectivity index (χ1v) is 11.0. The molecule has 0 spiro atoms. The molecule has 1 fully saturated rings. The Hall–Kier alpha value is -2.61. The fourth-order valence-electron chi connectivity index (χ4n) is 3.73. The van der Waals surface area contributed by atoms with Gasteiger partial charge in [-0.3, -0.25) is 15.0 Å². The van der Waals surface area contributed by atoms with Crippen LogP contribution in [-0.4, -0.2) is 32.2 Å². The van der Waals surface area contributed by atoms with Crippen LogP contribution in [0.3, 0.4) is 0 Å². The number of benzene rings is 2. The van der Waals surface area contributed by atoms with E-state index >= 15 is 0 Å². The monoisotopic (exact) mass is 423 g/mol. The van der Waals surface area contributed by atoms with Crippen molar-refractivity contribution in [3.05, 3.63) is 71.4 Å². The molecule has 0 saturated carbocycles. The van der Waals surface area contributed by atoms with E-state index in [1.54, 1.807) is 17.4 Å². The van der Waals surface area contributed by atoms with Crippen LogP contribution in [0, 0.1) is 6.92 Å². The molecule has 1 aliphatic heterocycles. The minimum Gasteiger partial charge on any atom is -0.489 e. The molecule has 1 atom stereocenters. The molecule has 7 heteroatoms. The first-order valence-electron chi connectivity index (χ1n) is 10.0. The van der Waals surface area contributed by atoms with Gasteiger partial charge < -0.3 is 4.74 Å². The Kier molecular flexibility index (Phi) is 6.52. The number of pyridine rings is 1. The van der Waals surface area contributed by atoms with E-state index < -0.39 is 0 Å². The lowest BCUT2D eigenvalue weighted by molar-refractivity contribution is -0.133. The molecule has 0 bridgehead atoms. The van der Waals surface area contributed by atoms with Crippen LogP contribution in [-0.2, 0) is 17.9 Å². The zero-order valence-corrected chi connectivity index (χ0v) is 17.7. The Morgan fingerprint density at radius 1 is 1.27 bits per heavy atom. The Balaban J connectivity index is 1.41. The van der Waals surface area contributed by atoms with Crippen LogP contribution in [0.5, 0.6) is 5.75 Å². The van der Waals surface area contributed by atoms with Crippen LogP contribution in [0.2, 0.25) is 0 Å². The number of hydrogen-bond acceptors (Lipinski definition) is 6. The lowest BCUT2D eigenvalue weighted by Crippen LogP contribution is -2.44. The number of carbonyl (C=O) groups excluding carboxylic acids is 1. The van der Waals surface area contributed by atoms with Crippen LogP contribution < -0.4 is 10.2 Å². The summed E-state index contributed by atoms with van der Waals surface area (Å²) in [6.07, 6.45) is 1.72. The lowest BCUT2D eigenvalue weighted by Gasteiger charge is -2.32. The predicted octanol–water partition coefficient (Wildman–Crippen LogP) is 4.24. The Labute approximate surface area is 180 Å². The first-order chi connectivity index (χ1) is 14.6. The smallest absolute Gasteiger partial charge is 0.261 e. The molecule has 6 nitrogen and oxygen atoms in total. The molecule has 4 rings (SSSR count). The van der Waals surface area contributed by atoms with E-state index in [2.05, 4.69) is 17.1 Å². The van der Waals surface area contributed by atoms with Crippen LogP contribution in [0.1, 0.15) is 29.7 Å². The van der Waals surface area contributed by atoms with E-state index in [0.717, 1.165) is 52.1 Å². The molecule has 156 valence electrons. The maximum Gasteiger partial charge on any atom is 0.261 e. The number of nitrogens with zero attached hydrogens (tertiary/aromatic N) is 2. The van der Waals surface area contributed by atoms with Gasteiger partial charge >= 0.3 is 0 Å². The van der Waals surface area contributed by atoms with Crippen molar-refractivity contribution < 1.29 is 14.7 Å². The fourth-order valence-corrected chi connectivity index (χ4v) is 4.88. The zero-order valence-electron chi connectivity index (χ0n) is 16.9. The number of fused-ring (bicyclic) bond motifs is 1. The maximum atomic E-state index is 11.9. The summed E-state index contributed by atoms with van der Waals surface area (Å²) >= 11 is 1.65. The number of aryl methyl sites for hydroxylation is 1. The van der Waals surface area contributed by atoms with Crippen LogP contribution in [0.4, 0.5) is 0 Å². The van der Waals surface area contributed by atoms with Crippen molar-refractivity contribution in [3.63, 3.8) is 0 Å². The van der Waals surface area contributed by atoms with E-state index in [4.69, 9.17) is 9.94 Å². The number of hydroxylamine groups is 1. The third kappa shape index (κ3) is 4.75. The van der Waals surface area contributed by atoms with E-state index in [-0.39, 0.29) is 11.9 Å². The Morgan fingerprint density at radius 2 is 2.07 bits per heavy atom. The average molecular weight is 424 g/mol. The third-order valence-electron chi connectivity index (χ3n) is 5.23. The first kappa shape index (κ1) is 20.7. The van der Waals surface area contributed by atoms with Gasteiger partial charge in [0.25, 0.3) is 5.91 Å². The number of para-hydroxylation sites is 1. The minimum absolute atomic E-state index is 0.312. The summed E-state index contributed by atoms with van der Waals surface area (Å²) in [6.45, 7) is 3.11. The third-order valence-corrected chi connectivity index (χ3v) is 6.41. The molecule has 2 N–H and O–H groups in total. The van der Waals surface area contributed by atoms with Gasteiger partial charge in [-0.2, -0.15) is 0 Å². The zero-order chi connectivity index (χ0) is 20.9. The van der Waals surface area contributed by atoms with Crippen molar-refractivity contribution in [1.29, 1.82) is 0 Å². The number of hydrogen-bond donors (Lipinski definition) is 2. The summed E-state index contributed by atoms with van der Waals surface area (Å²) in [5.74, 6) is 1.44. The largest absolute Gasteiger partial charge is 0.489 e. The molecule has 1 unspecified atom stereocenters. The van der Waals surface area contributed by atoms with Gasteiger partial charge in [-0.15, -0.1) is 0 Å². The quantitative estimate of drug-likeness (QED) is 0.351. The predicted molar refractivity (Wildman–Crippen MR) is 118 cm³/mol. The van der Waals surface area contributed by atoms with E-state index in [1.165, 1.54) is 0 Å². The molecular weight excluding hydrogens is 398 g/mol. The highest BCUT2D eigenvalue weighted by Gasteiger charge is 2.29. The topological polar surface area (TPSA) is 74.7 Å². The minimum atomic E-state index is -0.345. The molecule has 2 aromatic carbocycles. The summed E-state index contributed by atoms with van der Waals surface area (Å²) < 4.78 is 8.07. The Bertz CT molecular complexity index is 1030. The van der Waals surface area contributed by atoms with Gasteiger partial charge in [0, 0.05) is 28.9 Å². The van der Waals surface area contributed by atoms with Crippen molar-refractivity contribution >= 4 is 28.8 Å². The van der Waals surface area contributed by atoms with Gasteiger partial charge in [-0.25, -0.2) is 9.79 Å². The molecule has 1 saturated heterocycles. The number of ether oxygens (including phenoxy) is 1. The summed E-state index contributed by atoms with van der Waals surface area (Å²) in [7, 11) is 0. The van der Waals surface area contributed by atoms with Gasteiger partial charge in [0.05, 0.1) is 5.52 Å². The van der Waals surface area contributed by atoms with Gasteiger partial charge in [0.15, 0.2) is 0 Å². The van der Waals surface area contributed by atoms with E-state index in [9.17, 15) is 4.79 Å². The summed E-state index contributed by atoms with van der Waals surface area (Å²) in [4.78, 5) is 16.5. The fraction of sp³-hybridized carbons (Fsp3) is 0.304. The molecule has 3 aromatic rings. The highest BCUT2D eigenvalue weighted by Crippen LogP contribution is 2.28. The second kappa shape index (κ2) is 9.47. The highest BCUT2D eigenvalue weighted by molar-refractivity contribution is 7.97. The van der Waals surface area contributed by atoms with Crippen molar-refractivity contribution in [2.24, 2.45) is 0 Å². The highest BCUT2D eigenvalue weighted by atomic mass is 32.2. The molecular formula is C23H25N3O3S. The number of rotatable bonds is 6. The molecule has 0 radical (unpaired) electrons. The summed E-state index contributed by atoms with van der Waals surface area (Å²) in [5, 5.41) is 10.1. The second-order valence-corrected chi connectivity index (χ2v) is 8.55. The number of nitrogens with one attached hydrogen (secondary N) is 1. The molecule has 0 aliphatic carbocycles. The van der Waals surface area contributed by atoms with E-state index in [1.807, 2.05) is 53.7 Å². The SMILES string of the molecule is Cc1cc(COc2ccc(CN3SCCCC3C(=O)NO)cc2)c2ccccc2n1. The van der Waals surface area contributed by atoms with Crippen LogP contribution in [0.15, 0.2) is 54.6 Å².